The molecule has 1 heterocycles. The van der Waals surface area contributed by atoms with Crippen molar-refractivity contribution in [3.63, 3.8) is 0 Å². The van der Waals surface area contributed by atoms with Gasteiger partial charge in [-0.1, -0.05) is 27.5 Å². The van der Waals surface area contributed by atoms with Crippen LogP contribution < -0.4 is 11.1 Å². The number of halogens is 2. The summed E-state index contributed by atoms with van der Waals surface area (Å²) in [5.74, 6) is -0.693. The van der Waals surface area contributed by atoms with Gasteiger partial charge in [0.25, 0.3) is 11.6 Å². The second-order valence-electron chi connectivity index (χ2n) is 3.96. The van der Waals surface area contributed by atoms with Gasteiger partial charge in [-0.15, -0.1) is 0 Å². The number of amides is 1. The molecule has 2 rings (SSSR count). The lowest BCUT2D eigenvalue weighted by atomic mass is 10.2. The summed E-state index contributed by atoms with van der Waals surface area (Å²) in [6.45, 7) is 0. The number of nitrogens with one attached hydrogen (secondary N) is 1. The van der Waals surface area contributed by atoms with Crippen LogP contribution in [-0.4, -0.2) is 15.8 Å². The number of carbonyl (C=O) groups is 1. The predicted molar refractivity (Wildman–Crippen MR) is 82.4 cm³/mol. The average Bonchev–Trinajstić information content (AvgIpc) is 2.42. The molecule has 0 atom stereocenters. The highest BCUT2D eigenvalue weighted by molar-refractivity contribution is 9.10. The first kappa shape index (κ1) is 15.2. The van der Waals surface area contributed by atoms with Gasteiger partial charge in [0.05, 0.1) is 15.6 Å². The smallest absolute Gasteiger partial charge is 0.300 e. The lowest BCUT2D eigenvalue weighted by molar-refractivity contribution is -0.385. The predicted octanol–water partition coefficient (Wildman–Crippen LogP) is 3.24. The third-order valence-corrected chi connectivity index (χ3v) is 3.34. The highest BCUT2D eigenvalue weighted by Crippen LogP contribution is 2.27. The number of hydrogen-bond acceptors (Lipinski definition) is 5. The third kappa shape index (κ3) is 3.47. The zero-order chi connectivity index (χ0) is 15.6. The molecule has 21 heavy (non-hydrogen) atoms. The van der Waals surface area contributed by atoms with E-state index in [-0.39, 0.29) is 11.4 Å². The maximum absolute atomic E-state index is 12.2. The molecule has 1 aromatic heterocycles. The van der Waals surface area contributed by atoms with Gasteiger partial charge in [-0.2, -0.15) is 0 Å². The maximum Gasteiger partial charge on any atom is 0.300 e. The number of benzene rings is 1. The molecule has 7 nitrogen and oxygen atoms in total. The van der Waals surface area contributed by atoms with E-state index in [1.54, 1.807) is 18.2 Å². The number of aromatic nitrogens is 1. The standard InChI is InChI=1S/C12H8BrClN4O3/c13-6-1-2-8(14)9(3-6)17-12(19)7-4-11(15)16-5-10(7)18(20)21/h1-5H,(H2,15,16)(H,17,19). The molecule has 2 aromatic rings. The normalized spacial score (nSPS) is 10.2. The minimum Gasteiger partial charge on any atom is -0.384 e. The summed E-state index contributed by atoms with van der Waals surface area (Å²) in [6.07, 6.45) is 0.937. The lowest BCUT2D eigenvalue weighted by Crippen LogP contribution is -2.15. The van der Waals surface area contributed by atoms with Gasteiger partial charge >= 0.3 is 0 Å². The quantitative estimate of drug-likeness (QED) is 0.635. The number of anilines is 2. The summed E-state index contributed by atoms with van der Waals surface area (Å²) < 4.78 is 0.700. The molecule has 108 valence electrons. The lowest BCUT2D eigenvalue weighted by Gasteiger charge is -2.08. The van der Waals surface area contributed by atoms with Crippen molar-refractivity contribution in [3.8, 4) is 0 Å². The molecule has 0 aliphatic rings. The van der Waals surface area contributed by atoms with Crippen LogP contribution >= 0.6 is 27.5 Å². The van der Waals surface area contributed by atoms with Crippen LogP contribution in [0.4, 0.5) is 17.2 Å². The Balaban J connectivity index is 2.39. The molecule has 1 aromatic carbocycles. The molecule has 0 aliphatic heterocycles. The van der Waals surface area contributed by atoms with Gasteiger partial charge in [0, 0.05) is 4.47 Å². The molecule has 0 spiro atoms. The van der Waals surface area contributed by atoms with Crippen LogP contribution in [0.15, 0.2) is 34.9 Å². The largest absolute Gasteiger partial charge is 0.384 e. The van der Waals surface area contributed by atoms with E-state index in [0.29, 0.717) is 15.2 Å². The van der Waals surface area contributed by atoms with Gasteiger partial charge in [-0.3, -0.25) is 14.9 Å². The van der Waals surface area contributed by atoms with E-state index in [1.807, 2.05) is 0 Å². The van der Waals surface area contributed by atoms with Crippen molar-refractivity contribution in [2.45, 2.75) is 0 Å². The van der Waals surface area contributed by atoms with Crippen molar-refractivity contribution in [1.29, 1.82) is 0 Å². The third-order valence-electron chi connectivity index (χ3n) is 2.52. The number of hydrogen-bond donors (Lipinski definition) is 2. The average molecular weight is 372 g/mol. The van der Waals surface area contributed by atoms with Crippen LogP contribution in [0.3, 0.4) is 0 Å². The summed E-state index contributed by atoms with van der Waals surface area (Å²) in [6, 6.07) is 6.00. The SMILES string of the molecule is Nc1cc(C(=O)Nc2cc(Br)ccc2Cl)c([N+](=O)[O-])cn1. The summed E-state index contributed by atoms with van der Waals surface area (Å²) in [4.78, 5) is 26.0. The Morgan fingerprint density at radius 1 is 1.43 bits per heavy atom. The molecule has 3 N–H and O–H groups in total. The molecule has 0 radical (unpaired) electrons. The van der Waals surface area contributed by atoms with Crippen LogP contribution in [-0.2, 0) is 0 Å². The van der Waals surface area contributed by atoms with E-state index in [9.17, 15) is 14.9 Å². The van der Waals surface area contributed by atoms with Crippen molar-refractivity contribution in [3.05, 3.63) is 55.6 Å². The molecule has 0 bridgehead atoms. The molecule has 0 aliphatic carbocycles. The van der Waals surface area contributed by atoms with E-state index in [2.05, 4.69) is 26.2 Å². The topological polar surface area (TPSA) is 111 Å². The Kier molecular flexibility index (Phi) is 4.39. The second kappa shape index (κ2) is 6.06. The van der Waals surface area contributed by atoms with E-state index < -0.39 is 16.5 Å². The van der Waals surface area contributed by atoms with Crippen LogP contribution in [0, 0.1) is 10.1 Å². The Morgan fingerprint density at radius 3 is 2.81 bits per heavy atom. The Bertz CT molecular complexity index is 738. The summed E-state index contributed by atoms with van der Waals surface area (Å²) in [5.41, 5.74) is 5.16. The van der Waals surface area contributed by atoms with Crippen LogP contribution in [0.5, 0.6) is 0 Å². The zero-order valence-electron chi connectivity index (χ0n) is 10.3. The Hall–Kier alpha value is -2.19. The monoisotopic (exact) mass is 370 g/mol. The fourth-order valence-corrected chi connectivity index (χ4v) is 2.10. The number of rotatable bonds is 3. The number of nitrogen functional groups attached to an aromatic ring is 1. The van der Waals surface area contributed by atoms with Crippen molar-refractivity contribution in [2.75, 3.05) is 11.1 Å². The Morgan fingerprint density at radius 2 is 2.14 bits per heavy atom. The highest BCUT2D eigenvalue weighted by Gasteiger charge is 2.22. The van der Waals surface area contributed by atoms with Gasteiger partial charge in [-0.25, -0.2) is 4.98 Å². The first-order valence-corrected chi connectivity index (χ1v) is 6.72. The van der Waals surface area contributed by atoms with Gasteiger partial charge in [-0.05, 0) is 24.3 Å². The van der Waals surface area contributed by atoms with E-state index in [0.717, 1.165) is 12.3 Å². The molecular weight excluding hydrogens is 364 g/mol. The van der Waals surface area contributed by atoms with Crippen LogP contribution in [0.25, 0.3) is 0 Å². The molecular formula is C12H8BrClN4O3. The summed E-state index contributed by atoms with van der Waals surface area (Å²) in [7, 11) is 0. The fraction of sp³-hybridized carbons (Fsp3) is 0. The minimum absolute atomic E-state index is 0.00564. The molecule has 0 unspecified atom stereocenters. The number of nitrogens with two attached hydrogens (primary N) is 1. The molecule has 0 fully saturated rings. The highest BCUT2D eigenvalue weighted by atomic mass is 79.9. The van der Waals surface area contributed by atoms with Crippen molar-refractivity contribution < 1.29 is 9.72 Å². The van der Waals surface area contributed by atoms with Gasteiger partial charge in [0.15, 0.2) is 0 Å². The van der Waals surface area contributed by atoms with Crippen molar-refractivity contribution >= 4 is 50.6 Å². The Labute approximate surface area is 132 Å². The number of nitro groups is 1. The van der Waals surface area contributed by atoms with Gasteiger partial charge in [0.1, 0.15) is 17.6 Å². The fourth-order valence-electron chi connectivity index (χ4n) is 1.57. The number of nitrogens with zero attached hydrogens (tertiary/aromatic N) is 2. The molecule has 0 saturated heterocycles. The van der Waals surface area contributed by atoms with Crippen LogP contribution in [0.2, 0.25) is 5.02 Å². The van der Waals surface area contributed by atoms with Gasteiger partial charge < -0.3 is 11.1 Å². The molecule has 1 amide bonds. The number of pyridine rings is 1. The van der Waals surface area contributed by atoms with Gasteiger partial charge in [0.2, 0.25) is 0 Å². The van der Waals surface area contributed by atoms with E-state index in [4.69, 9.17) is 17.3 Å². The van der Waals surface area contributed by atoms with Crippen molar-refractivity contribution in [2.24, 2.45) is 0 Å². The minimum atomic E-state index is -0.704. The first-order chi connectivity index (χ1) is 9.88. The van der Waals surface area contributed by atoms with Crippen LogP contribution in [0.1, 0.15) is 10.4 Å². The molecule has 9 heteroatoms. The van der Waals surface area contributed by atoms with E-state index >= 15 is 0 Å². The van der Waals surface area contributed by atoms with Crippen molar-refractivity contribution in [1.82, 2.24) is 4.98 Å². The zero-order valence-corrected chi connectivity index (χ0v) is 12.7. The molecule has 0 saturated carbocycles. The summed E-state index contributed by atoms with van der Waals surface area (Å²) >= 11 is 9.20. The first-order valence-electron chi connectivity index (χ1n) is 5.55. The maximum atomic E-state index is 12.2. The number of carbonyl (C=O) groups excluding carboxylic acids is 1. The summed E-state index contributed by atoms with van der Waals surface area (Å²) in [5, 5.41) is 13.7. The second-order valence-corrected chi connectivity index (χ2v) is 5.28. The van der Waals surface area contributed by atoms with E-state index in [1.165, 1.54) is 0 Å².